The molecule has 208 valence electrons. The Labute approximate surface area is 246 Å². The number of hydrogen-bond acceptors (Lipinski definition) is 1. The standard InChI is InChI=1S/C38H43BN2/c1-23(2)30-11-10-12-31(24(3)4)35(30)39-34-22-40-37(29-18-25(5)17-26(6)19-29)41(34)33-16-14-28-20-27(21-38(7,8)9)13-15-32(28)36(33)39/h10-20,22-24H,21H2,1-9H3. The predicted molar refractivity (Wildman–Crippen MR) is 178 cm³/mol. The molecule has 0 saturated carbocycles. The van der Waals surface area contributed by atoms with Crippen LogP contribution in [0.1, 0.15) is 88.1 Å². The van der Waals surface area contributed by atoms with Crippen LogP contribution in [0.4, 0.5) is 0 Å². The Morgan fingerprint density at radius 3 is 2.05 bits per heavy atom. The van der Waals surface area contributed by atoms with Crippen molar-refractivity contribution in [3.8, 4) is 17.1 Å². The van der Waals surface area contributed by atoms with Crippen molar-refractivity contribution in [2.75, 3.05) is 0 Å². The van der Waals surface area contributed by atoms with Crippen molar-refractivity contribution in [3.05, 3.63) is 101 Å². The summed E-state index contributed by atoms with van der Waals surface area (Å²) in [5.41, 5.74) is 13.7. The van der Waals surface area contributed by atoms with Crippen molar-refractivity contribution in [3.63, 3.8) is 0 Å². The van der Waals surface area contributed by atoms with E-state index >= 15 is 0 Å². The molecular weight excluding hydrogens is 495 g/mol. The van der Waals surface area contributed by atoms with Gasteiger partial charge in [-0.2, -0.15) is 0 Å². The highest BCUT2D eigenvalue weighted by molar-refractivity contribution is 6.99. The van der Waals surface area contributed by atoms with Crippen LogP contribution in [0.15, 0.2) is 72.9 Å². The quantitative estimate of drug-likeness (QED) is 0.204. The maximum Gasteiger partial charge on any atom is 0.268 e. The van der Waals surface area contributed by atoms with Gasteiger partial charge in [-0.3, -0.25) is 0 Å². The van der Waals surface area contributed by atoms with Gasteiger partial charge in [0.15, 0.2) is 0 Å². The lowest BCUT2D eigenvalue weighted by Crippen LogP contribution is -2.52. The summed E-state index contributed by atoms with van der Waals surface area (Å²) in [6.07, 6.45) is 3.22. The number of rotatable bonds is 5. The first kappa shape index (κ1) is 27.6. The van der Waals surface area contributed by atoms with E-state index in [-0.39, 0.29) is 12.1 Å². The summed E-state index contributed by atoms with van der Waals surface area (Å²) in [5, 5.41) is 2.68. The number of aromatic nitrogens is 2. The Morgan fingerprint density at radius 2 is 1.44 bits per heavy atom. The largest absolute Gasteiger partial charge is 0.305 e. The average molecular weight is 539 g/mol. The Balaban J connectivity index is 1.68. The molecule has 0 N–H and O–H groups in total. The molecule has 0 saturated heterocycles. The van der Waals surface area contributed by atoms with Gasteiger partial charge in [-0.1, -0.05) is 114 Å². The van der Waals surface area contributed by atoms with Crippen LogP contribution in [0.25, 0.3) is 27.8 Å². The summed E-state index contributed by atoms with van der Waals surface area (Å²) in [4.78, 5) is 5.11. The molecule has 3 heteroatoms. The van der Waals surface area contributed by atoms with Gasteiger partial charge in [-0.15, -0.1) is 0 Å². The van der Waals surface area contributed by atoms with E-state index in [4.69, 9.17) is 4.98 Å². The number of fused-ring (bicyclic) bond motifs is 5. The van der Waals surface area contributed by atoms with Crippen LogP contribution >= 0.6 is 0 Å². The fraction of sp³-hybridized carbons (Fsp3) is 0.342. The minimum Gasteiger partial charge on any atom is -0.305 e. The zero-order chi connectivity index (χ0) is 29.2. The van der Waals surface area contributed by atoms with Crippen molar-refractivity contribution >= 4 is 34.0 Å². The molecule has 1 aliphatic rings. The molecule has 4 aromatic carbocycles. The number of benzene rings is 4. The molecular formula is C38H43BN2. The van der Waals surface area contributed by atoms with E-state index in [2.05, 4.69) is 140 Å². The van der Waals surface area contributed by atoms with Gasteiger partial charge in [0, 0.05) is 23.0 Å². The van der Waals surface area contributed by atoms with Gasteiger partial charge in [0.05, 0.1) is 0 Å². The molecule has 6 rings (SSSR count). The lowest BCUT2D eigenvalue weighted by molar-refractivity contribution is 0.411. The summed E-state index contributed by atoms with van der Waals surface area (Å²) in [6, 6.07) is 25.6. The first-order valence-electron chi connectivity index (χ1n) is 15.3. The van der Waals surface area contributed by atoms with Gasteiger partial charge < -0.3 is 4.57 Å². The summed E-state index contributed by atoms with van der Waals surface area (Å²) < 4.78 is 2.46. The van der Waals surface area contributed by atoms with Crippen LogP contribution in [0.3, 0.4) is 0 Å². The minimum atomic E-state index is 0.130. The van der Waals surface area contributed by atoms with E-state index in [1.165, 1.54) is 66.4 Å². The highest BCUT2D eigenvalue weighted by atomic mass is 15.1. The third-order valence-electron chi connectivity index (χ3n) is 8.64. The molecule has 41 heavy (non-hydrogen) atoms. The maximum atomic E-state index is 5.11. The SMILES string of the molecule is Cc1cc(C)cc(-c2ncc3n2-c2ccc4cc(CC(C)(C)C)ccc4c2B3c2c(C(C)C)cccc2C(C)C)c1. The summed E-state index contributed by atoms with van der Waals surface area (Å²) in [6.45, 7) is 20.8. The zero-order valence-corrected chi connectivity index (χ0v) is 26.3. The summed E-state index contributed by atoms with van der Waals surface area (Å²) in [5.74, 6) is 1.89. The third-order valence-corrected chi connectivity index (χ3v) is 8.64. The van der Waals surface area contributed by atoms with Crippen molar-refractivity contribution in [1.29, 1.82) is 0 Å². The third kappa shape index (κ3) is 4.84. The van der Waals surface area contributed by atoms with Crippen LogP contribution in [-0.2, 0) is 6.42 Å². The van der Waals surface area contributed by atoms with Crippen LogP contribution in [0, 0.1) is 19.3 Å². The van der Waals surface area contributed by atoms with E-state index in [0.717, 1.165) is 12.2 Å². The molecule has 5 aromatic rings. The highest BCUT2D eigenvalue weighted by Crippen LogP contribution is 2.31. The normalized spacial score (nSPS) is 13.0. The molecule has 0 spiro atoms. The smallest absolute Gasteiger partial charge is 0.268 e. The van der Waals surface area contributed by atoms with Crippen LogP contribution in [-0.4, -0.2) is 16.3 Å². The Kier molecular flexibility index (Phi) is 6.76. The van der Waals surface area contributed by atoms with Gasteiger partial charge in [-0.05, 0) is 88.6 Å². The molecule has 0 atom stereocenters. The van der Waals surface area contributed by atoms with E-state index in [9.17, 15) is 0 Å². The Hall–Kier alpha value is -3.59. The van der Waals surface area contributed by atoms with Gasteiger partial charge in [0.25, 0.3) is 6.71 Å². The molecule has 0 amide bonds. The predicted octanol–water partition coefficient (Wildman–Crippen LogP) is 7.97. The van der Waals surface area contributed by atoms with E-state index in [1.807, 2.05) is 0 Å². The highest BCUT2D eigenvalue weighted by Gasteiger charge is 2.40. The molecule has 0 bridgehead atoms. The second-order valence-electron chi connectivity index (χ2n) is 14.1. The maximum absolute atomic E-state index is 5.11. The molecule has 2 heterocycles. The first-order chi connectivity index (χ1) is 19.4. The van der Waals surface area contributed by atoms with Gasteiger partial charge in [0.1, 0.15) is 5.82 Å². The molecule has 0 radical (unpaired) electrons. The average Bonchev–Trinajstić information content (AvgIpc) is 3.45. The summed E-state index contributed by atoms with van der Waals surface area (Å²) >= 11 is 0. The Morgan fingerprint density at radius 1 is 0.780 bits per heavy atom. The first-order valence-corrected chi connectivity index (χ1v) is 15.3. The summed E-state index contributed by atoms with van der Waals surface area (Å²) in [7, 11) is 0. The van der Waals surface area contributed by atoms with Crippen molar-refractivity contribution < 1.29 is 0 Å². The lowest BCUT2D eigenvalue weighted by Gasteiger charge is -2.24. The fourth-order valence-electron chi connectivity index (χ4n) is 7.12. The molecule has 0 unspecified atom stereocenters. The minimum absolute atomic E-state index is 0.130. The number of imidazole rings is 1. The fourth-order valence-corrected chi connectivity index (χ4v) is 7.12. The van der Waals surface area contributed by atoms with Crippen molar-refractivity contribution in [1.82, 2.24) is 9.55 Å². The molecule has 1 aromatic heterocycles. The van der Waals surface area contributed by atoms with E-state index < -0.39 is 0 Å². The van der Waals surface area contributed by atoms with Crippen LogP contribution in [0.2, 0.25) is 0 Å². The van der Waals surface area contributed by atoms with Gasteiger partial charge in [0.2, 0.25) is 0 Å². The monoisotopic (exact) mass is 538 g/mol. The molecule has 1 aliphatic heterocycles. The number of aryl methyl sites for hydroxylation is 2. The van der Waals surface area contributed by atoms with Crippen LogP contribution in [0.5, 0.6) is 0 Å². The van der Waals surface area contributed by atoms with Crippen molar-refractivity contribution in [2.24, 2.45) is 5.41 Å². The number of nitrogens with zero attached hydrogens (tertiary/aromatic N) is 2. The topological polar surface area (TPSA) is 17.8 Å². The van der Waals surface area contributed by atoms with Gasteiger partial charge in [-0.25, -0.2) is 4.98 Å². The van der Waals surface area contributed by atoms with Crippen molar-refractivity contribution in [2.45, 2.75) is 80.6 Å². The second-order valence-corrected chi connectivity index (χ2v) is 14.1. The lowest BCUT2D eigenvalue weighted by atomic mass is 9.37. The molecule has 0 aliphatic carbocycles. The Bertz CT molecular complexity index is 1730. The van der Waals surface area contributed by atoms with Gasteiger partial charge >= 0.3 is 0 Å². The number of hydrogen-bond donors (Lipinski definition) is 0. The van der Waals surface area contributed by atoms with Crippen LogP contribution < -0.4 is 16.5 Å². The van der Waals surface area contributed by atoms with E-state index in [0.29, 0.717) is 11.8 Å². The molecule has 2 nitrogen and oxygen atoms in total. The van der Waals surface area contributed by atoms with E-state index in [1.54, 1.807) is 0 Å². The zero-order valence-electron chi connectivity index (χ0n) is 26.3. The molecule has 0 fully saturated rings. The second kappa shape index (κ2) is 10.0.